The zero-order chi connectivity index (χ0) is 10.5. The Morgan fingerprint density at radius 3 is 1.46 bits per heavy atom. The molecule has 0 heterocycles. The lowest BCUT2D eigenvalue weighted by Crippen LogP contribution is -2.41. The topological polar surface area (TPSA) is 18.5 Å². The van der Waals surface area contributed by atoms with Gasteiger partial charge in [0, 0.05) is 10.8 Å². The minimum atomic E-state index is -1.54. The van der Waals surface area contributed by atoms with Crippen molar-refractivity contribution in [2.45, 2.75) is 26.2 Å². The van der Waals surface area contributed by atoms with Crippen molar-refractivity contribution in [3.63, 3.8) is 0 Å². The maximum absolute atomic E-state index is 5.69. The van der Waals surface area contributed by atoms with Crippen molar-refractivity contribution in [1.29, 1.82) is 0 Å². The second-order valence-electron chi connectivity index (χ2n) is 4.12. The van der Waals surface area contributed by atoms with Gasteiger partial charge in [-0.3, -0.25) is 0 Å². The fraction of sp³-hybridized carbons (Fsp3) is 1.00. The van der Waals surface area contributed by atoms with Gasteiger partial charge < -0.3 is 8.23 Å². The van der Waals surface area contributed by atoms with E-state index >= 15 is 0 Å². The summed E-state index contributed by atoms with van der Waals surface area (Å²) in [6.45, 7) is 8.58. The van der Waals surface area contributed by atoms with Gasteiger partial charge in [-0.25, -0.2) is 0 Å². The highest BCUT2D eigenvalue weighted by Crippen LogP contribution is 2.09. The molecule has 0 N–H and O–H groups in total. The van der Waals surface area contributed by atoms with Crippen molar-refractivity contribution in [3.05, 3.63) is 0 Å². The Balaban J connectivity index is 3.68. The molecule has 0 aliphatic rings. The average molecular weight is 271 g/mol. The molecule has 7 heteroatoms. The third-order valence-corrected chi connectivity index (χ3v) is 12.6. The van der Waals surface area contributed by atoms with Crippen molar-refractivity contribution in [3.8, 4) is 0 Å². The van der Waals surface area contributed by atoms with E-state index in [0.29, 0.717) is 0 Å². The van der Waals surface area contributed by atoms with Crippen LogP contribution in [-0.4, -0.2) is 37.4 Å². The standard InChI is InChI=1S/C6H18O2S2Si3/c1-12(2,5-9)7-11-8-13(3,4)6-10/h9-10H,5-6H2,1-4H3. The fourth-order valence-electron chi connectivity index (χ4n) is 0.311. The molecule has 0 saturated carbocycles. The lowest BCUT2D eigenvalue weighted by atomic mass is 11.8. The molecule has 0 saturated heterocycles. The van der Waals surface area contributed by atoms with E-state index in [0.717, 1.165) is 10.8 Å². The Morgan fingerprint density at radius 1 is 0.923 bits per heavy atom. The minimum Gasteiger partial charge on any atom is -0.434 e. The molecule has 13 heavy (non-hydrogen) atoms. The third kappa shape index (κ3) is 7.23. The highest BCUT2D eigenvalue weighted by molar-refractivity contribution is 7.82. The van der Waals surface area contributed by atoms with Crippen LogP contribution in [0.5, 0.6) is 0 Å². The average Bonchev–Trinajstić information content (AvgIpc) is 2.04. The summed E-state index contributed by atoms with van der Waals surface area (Å²) in [5, 5.41) is 1.68. The van der Waals surface area contributed by atoms with Crippen LogP contribution in [0.25, 0.3) is 0 Å². The van der Waals surface area contributed by atoms with E-state index in [1.54, 1.807) is 0 Å². The predicted molar refractivity (Wildman–Crippen MR) is 70.6 cm³/mol. The maximum atomic E-state index is 5.69. The second kappa shape index (κ2) is 5.99. The Morgan fingerprint density at radius 2 is 1.23 bits per heavy atom. The number of rotatable bonds is 6. The summed E-state index contributed by atoms with van der Waals surface area (Å²) in [6.07, 6.45) is 0. The monoisotopic (exact) mass is 270 g/mol. The third-order valence-electron chi connectivity index (χ3n) is 1.40. The Hall–Kier alpha value is 1.27. The molecule has 0 aliphatic carbocycles. The van der Waals surface area contributed by atoms with Crippen LogP contribution in [0.1, 0.15) is 0 Å². The molecule has 0 aliphatic heterocycles. The molecule has 0 spiro atoms. The molecular formula is C6H18O2S2Si3. The highest BCUT2D eigenvalue weighted by Gasteiger charge is 2.25. The van der Waals surface area contributed by atoms with E-state index in [9.17, 15) is 0 Å². The highest BCUT2D eigenvalue weighted by atomic mass is 32.1. The van der Waals surface area contributed by atoms with Crippen molar-refractivity contribution < 1.29 is 8.23 Å². The van der Waals surface area contributed by atoms with Crippen LogP contribution in [0.3, 0.4) is 0 Å². The summed E-state index contributed by atoms with van der Waals surface area (Å²) in [5.74, 6) is 0. The lowest BCUT2D eigenvalue weighted by molar-refractivity contribution is 0.456. The predicted octanol–water partition coefficient (Wildman–Crippen LogP) is 1.90. The van der Waals surface area contributed by atoms with E-state index in [4.69, 9.17) is 8.23 Å². The number of hydrogen-bond acceptors (Lipinski definition) is 4. The zero-order valence-corrected chi connectivity index (χ0v) is 13.4. The van der Waals surface area contributed by atoms with Gasteiger partial charge in [-0.05, 0) is 26.2 Å². The van der Waals surface area contributed by atoms with E-state index in [1.807, 2.05) is 0 Å². The summed E-state index contributed by atoms with van der Waals surface area (Å²) >= 11 is 8.50. The molecule has 0 aromatic rings. The summed E-state index contributed by atoms with van der Waals surface area (Å²) in [4.78, 5) is 0. The Labute approximate surface area is 96.9 Å². The quantitative estimate of drug-likeness (QED) is 0.567. The van der Waals surface area contributed by atoms with Crippen LogP contribution < -0.4 is 0 Å². The number of hydrogen-bond donors (Lipinski definition) is 2. The largest absolute Gasteiger partial charge is 0.434 e. The van der Waals surface area contributed by atoms with Crippen LogP contribution in [0.4, 0.5) is 0 Å². The SMILES string of the molecule is C[Si](C)(CS)O[Si]O[Si](C)(C)CS. The van der Waals surface area contributed by atoms with Gasteiger partial charge in [0.1, 0.15) is 0 Å². The van der Waals surface area contributed by atoms with E-state index < -0.39 is 16.6 Å². The first-order valence-electron chi connectivity index (χ1n) is 4.16. The molecule has 2 nitrogen and oxygen atoms in total. The molecular weight excluding hydrogens is 252 g/mol. The fourth-order valence-corrected chi connectivity index (χ4v) is 4.34. The van der Waals surface area contributed by atoms with Gasteiger partial charge in [0.2, 0.25) is 0 Å². The molecule has 0 unspecified atom stereocenters. The van der Waals surface area contributed by atoms with Gasteiger partial charge in [0.05, 0.1) is 0 Å². The van der Waals surface area contributed by atoms with Gasteiger partial charge >= 0.3 is 10.0 Å². The minimum absolute atomic E-state index is 0.174. The summed E-state index contributed by atoms with van der Waals surface area (Å²) in [7, 11) is -2.91. The Kier molecular flexibility index (Phi) is 6.57. The van der Waals surface area contributed by atoms with E-state index in [-0.39, 0.29) is 10.0 Å². The molecule has 0 atom stereocenters. The van der Waals surface area contributed by atoms with Crippen molar-refractivity contribution in [2.24, 2.45) is 0 Å². The molecule has 2 radical (unpaired) electrons. The summed E-state index contributed by atoms with van der Waals surface area (Å²) in [5.41, 5.74) is 0. The first-order chi connectivity index (χ1) is 5.83. The van der Waals surface area contributed by atoms with Crippen molar-refractivity contribution >= 4 is 51.9 Å². The van der Waals surface area contributed by atoms with Gasteiger partial charge in [0.15, 0.2) is 16.6 Å². The van der Waals surface area contributed by atoms with Crippen molar-refractivity contribution in [2.75, 3.05) is 10.8 Å². The molecule has 0 amide bonds. The van der Waals surface area contributed by atoms with Crippen molar-refractivity contribution in [1.82, 2.24) is 0 Å². The van der Waals surface area contributed by atoms with E-state index in [1.165, 1.54) is 0 Å². The lowest BCUT2D eigenvalue weighted by Gasteiger charge is -2.24. The zero-order valence-electron chi connectivity index (χ0n) is 8.63. The van der Waals surface area contributed by atoms with Gasteiger partial charge in [-0.1, -0.05) is 0 Å². The van der Waals surface area contributed by atoms with Crippen LogP contribution >= 0.6 is 25.3 Å². The van der Waals surface area contributed by atoms with E-state index in [2.05, 4.69) is 51.4 Å². The molecule has 0 aromatic heterocycles. The van der Waals surface area contributed by atoms with Crippen LogP contribution in [0.2, 0.25) is 26.2 Å². The molecule has 0 bridgehead atoms. The molecule has 78 valence electrons. The van der Waals surface area contributed by atoms with Crippen LogP contribution in [0.15, 0.2) is 0 Å². The number of thiol groups is 2. The maximum Gasteiger partial charge on any atom is 0.410 e. The first kappa shape index (κ1) is 14.3. The first-order valence-corrected chi connectivity index (χ1v) is 12.5. The normalized spacial score (nSPS) is 13.4. The van der Waals surface area contributed by atoms with Crippen LogP contribution in [0, 0.1) is 0 Å². The molecule has 0 fully saturated rings. The molecule has 0 aromatic carbocycles. The van der Waals surface area contributed by atoms with Gasteiger partial charge in [0.25, 0.3) is 0 Å². The molecule has 0 rings (SSSR count). The summed E-state index contributed by atoms with van der Waals surface area (Å²) in [6, 6.07) is 0. The summed E-state index contributed by atoms with van der Waals surface area (Å²) < 4.78 is 11.4. The Bertz CT molecular complexity index is 139. The van der Waals surface area contributed by atoms with Gasteiger partial charge in [-0.2, -0.15) is 25.3 Å². The second-order valence-corrected chi connectivity index (χ2v) is 15.5. The van der Waals surface area contributed by atoms with Gasteiger partial charge in [-0.15, -0.1) is 0 Å². The van der Waals surface area contributed by atoms with Crippen LogP contribution in [-0.2, 0) is 8.23 Å². The smallest absolute Gasteiger partial charge is 0.410 e.